The van der Waals surface area contributed by atoms with Crippen molar-refractivity contribution >= 4 is 29.1 Å². The Kier molecular flexibility index (Phi) is 6.83. The van der Waals surface area contributed by atoms with Crippen molar-refractivity contribution in [1.82, 2.24) is 14.9 Å². The Labute approximate surface area is 202 Å². The maximum Gasteiger partial charge on any atom is 0.272 e. The zero-order valence-electron chi connectivity index (χ0n) is 18.2. The van der Waals surface area contributed by atoms with E-state index >= 15 is 0 Å². The number of aryl methyl sites for hydroxylation is 1. The molecule has 0 radical (unpaired) electrons. The summed E-state index contributed by atoms with van der Waals surface area (Å²) in [5.74, 6) is 0.282. The average molecular weight is 481 g/mol. The highest BCUT2D eigenvalue weighted by Crippen LogP contribution is 2.38. The number of nitrogens with zero attached hydrogens (tertiary/aromatic N) is 4. The van der Waals surface area contributed by atoms with Crippen LogP contribution in [0.1, 0.15) is 40.2 Å². The molecule has 1 aliphatic rings. The van der Waals surface area contributed by atoms with Gasteiger partial charge in [0, 0.05) is 42.9 Å². The van der Waals surface area contributed by atoms with Gasteiger partial charge in [-0.15, -0.1) is 0 Å². The van der Waals surface area contributed by atoms with E-state index in [1.165, 1.54) is 6.20 Å². The van der Waals surface area contributed by atoms with Crippen molar-refractivity contribution in [3.63, 3.8) is 0 Å². The van der Waals surface area contributed by atoms with E-state index in [1.807, 2.05) is 49.1 Å². The number of pyridine rings is 2. The number of halogens is 2. The minimum absolute atomic E-state index is 0.0121. The van der Waals surface area contributed by atoms with Gasteiger partial charge in [0.1, 0.15) is 17.9 Å². The van der Waals surface area contributed by atoms with E-state index in [0.717, 1.165) is 11.3 Å². The number of ether oxygens (including phenoxy) is 1. The van der Waals surface area contributed by atoms with Gasteiger partial charge >= 0.3 is 0 Å². The summed E-state index contributed by atoms with van der Waals surface area (Å²) in [5, 5.41) is 9.94. The largest absolute Gasteiger partial charge is 0.474 e. The minimum Gasteiger partial charge on any atom is -0.474 e. The van der Waals surface area contributed by atoms with Gasteiger partial charge in [-0.2, -0.15) is 5.26 Å². The van der Waals surface area contributed by atoms with E-state index in [0.29, 0.717) is 40.3 Å². The summed E-state index contributed by atoms with van der Waals surface area (Å²) in [4.78, 5) is 23.7. The van der Waals surface area contributed by atoms with Crippen LogP contribution in [0.5, 0.6) is 5.88 Å². The fourth-order valence-corrected chi connectivity index (χ4v) is 4.49. The van der Waals surface area contributed by atoms with Crippen LogP contribution in [-0.2, 0) is 0 Å². The highest BCUT2D eigenvalue weighted by atomic mass is 35.5. The van der Waals surface area contributed by atoms with Crippen LogP contribution in [0.15, 0.2) is 54.7 Å². The number of likely N-dealkylation sites (tertiary alicyclic amines) is 1. The number of carbonyl (C=O) groups excluding carboxylic acids is 1. The molecule has 1 fully saturated rings. The van der Waals surface area contributed by atoms with E-state index in [2.05, 4.69) is 9.97 Å². The first-order valence-electron chi connectivity index (χ1n) is 10.6. The fourth-order valence-electron chi connectivity index (χ4n) is 4.18. The molecule has 1 aliphatic heterocycles. The first kappa shape index (κ1) is 23.0. The molecule has 3 aromatic rings. The molecule has 4 rings (SSSR count). The molecule has 8 heteroatoms. The molecular weight excluding hydrogens is 459 g/mol. The lowest BCUT2D eigenvalue weighted by Crippen LogP contribution is -2.32. The fraction of sp³-hybridized carbons (Fsp3) is 0.280. The Bertz CT molecular complexity index is 1210. The molecule has 2 aromatic heterocycles. The highest BCUT2D eigenvalue weighted by molar-refractivity contribution is 6.42. The van der Waals surface area contributed by atoms with Gasteiger partial charge in [0.05, 0.1) is 15.6 Å². The lowest BCUT2D eigenvalue weighted by atomic mass is 9.86. The Morgan fingerprint density at radius 2 is 2.00 bits per heavy atom. The zero-order valence-corrected chi connectivity index (χ0v) is 19.7. The highest BCUT2D eigenvalue weighted by Gasteiger charge is 2.41. The van der Waals surface area contributed by atoms with Crippen LogP contribution < -0.4 is 4.74 Å². The van der Waals surface area contributed by atoms with Crippen molar-refractivity contribution in [2.75, 3.05) is 13.1 Å². The summed E-state index contributed by atoms with van der Waals surface area (Å²) in [6, 6.07) is 16.4. The number of nitriles is 1. The molecule has 3 heterocycles. The Balaban J connectivity index is 1.61. The molecular formula is C25H22Cl2N4O2. The molecule has 0 N–H and O–H groups in total. The lowest BCUT2D eigenvalue weighted by Gasteiger charge is -2.25. The van der Waals surface area contributed by atoms with Crippen LogP contribution in [0.2, 0.25) is 10.0 Å². The van der Waals surface area contributed by atoms with Gasteiger partial charge in [-0.1, -0.05) is 35.3 Å². The normalized spacial score (nSPS) is 18.6. The van der Waals surface area contributed by atoms with E-state index in [-0.39, 0.29) is 23.8 Å². The number of hydrogen-bond acceptors (Lipinski definition) is 5. The average Bonchev–Trinajstić information content (AvgIpc) is 3.26. The first-order valence-corrected chi connectivity index (χ1v) is 11.3. The van der Waals surface area contributed by atoms with Crippen molar-refractivity contribution in [2.24, 2.45) is 5.92 Å². The van der Waals surface area contributed by atoms with Crippen molar-refractivity contribution < 1.29 is 9.53 Å². The van der Waals surface area contributed by atoms with Gasteiger partial charge in [0.2, 0.25) is 5.88 Å². The van der Waals surface area contributed by atoms with Gasteiger partial charge in [-0.05, 0) is 49.7 Å². The lowest BCUT2D eigenvalue weighted by molar-refractivity contribution is 0.0763. The molecule has 1 aromatic carbocycles. The maximum absolute atomic E-state index is 13.2. The van der Waals surface area contributed by atoms with Crippen LogP contribution in [-0.4, -0.2) is 40.0 Å². The van der Waals surface area contributed by atoms with Crippen LogP contribution in [0.4, 0.5) is 0 Å². The molecule has 1 unspecified atom stereocenters. The number of carbonyl (C=O) groups is 1. The summed E-state index contributed by atoms with van der Waals surface area (Å²) < 4.78 is 6.12. The van der Waals surface area contributed by atoms with Gasteiger partial charge < -0.3 is 9.64 Å². The number of aromatic nitrogens is 2. The minimum atomic E-state index is -0.256. The van der Waals surface area contributed by atoms with E-state index in [1.54, 1.807) is 24.3 Å². The molecule has 1 saturated heterocycles. The summed E-state index contributed by atoms with van der Waals surface area (Å²) in [6.45, 7) is 4.83. The number of hydrogen-bond donors (Lipinski definition) is 0. The van der Waals surface area contributed by atoms with Crippen LogP contribution >= 0.6 is 23.2 Å². The third-order valence-electron chi connectivity index (χ3n) is 5.91. The van der Waals surface area contributed by atoms with Crippen LogP contribution in [0.3, 0.4) is 0 Å². The van der Waals surface area contributed by atoms with Crippen LogP contribution in [0, 0.1) is 24.2 Å². The van der Waals surface area contributed by atoms with Gasteiger partial charge in [-0.25, -0.2) is 9.97 Å². The third-order valence-corrected chi connectivity index (χ3v) is 6.65. The third kappa shape index (κ3) is 5.11. The van der Waals surface area contributed by atoms with Crippen LogP contribution in [0.25, 0.3) is 0 Å². The molecule has 0 spiro atoms. The van der Waals surface area contributed by atoms with Crippen molar-refractivity contribution in [2.45, 2.75) is 25.9 Å². The number of benzene rings is 1. The standard InChI is InChI=1S/C25H22Cl2N4O2/c1-15-4-3-5-23(30-15)25(32)31-13-19(16(2)33-24-9-6-17(11-28)12-29-24)20(14-31)18-7-8-21(26)22(27)10-18/h3-10,12,16,19-20H,13-14H2,1-2H3/t16-,19?,20+/m0/s1. The Morgan fingerprint density at radius 3 is 2.67 bits per heavy atom. The zero-order chi connectivity index (χ0) is 23.5. The maximum atomic E-state index is 13.2. The summed E-state index contributed by atoms with van der Waals surface area (Å²) in [6.07, 6.45) is 1.22. The molecule has 0 aliphatic carbocycles. The summed E-state index contributed by atoms with van der Waals surface area (Å²) >= 11 is 12.4. The molecule has 3 atom stereocenters. The Morgan fingerprint density at radius 1 is 1.18 bits per heavy atom. The molecule has 1 amide bonds. The second-order valence-electron chi connectivity index (χ2n) is 8.14. The number of amides is 1. The second-order valence-corrected chi connectivity index (χ2v) is 8.95. The predicted molar refractivity (Wildman–Crippen MR) is 127 cm³/mol. The quantitative estimate of drug-likeness (QED) is 0.495. The van der Waals surface area contributed by atoms with Crippen molar-refractivity contribution in [3.8, 4) is 11.9 Å². The van der Waals surface area contributed by atoms with E-state index in [9.17, 15) is 4.79 Å². The van der Waals surface area contributed by atoms with E-state index < -0.39 is 0 Å². The smallest absolute Gasteiger partial charge is 0.272 e. The molecule has 0 bridgehead atoms. The van der Waals surface area contributed by atoms with Gasteiger partial charge in [-0.3, -0.25) is 4.79 Å². The Hall–Kier alpha value is -3.14. The molecule has 33 heavy (non-hydrogen) atoms. The van der Waals surface area contributed by atoms with Crippen molar-refractivity contribution in [1.29, 1.82) is 5.26 Å². The predicted octanol–water partition coefficient (Wildman–Crippen LogP) is 5.29. The summed E-state index contributed by atoms with van der Waals surface area (Å²) in [7, 11) is 0. The van der Waals surface area contributed by atoms with E-state index in [4.69, 9.17) is 33.2 Å². The first-order chi connectivity index (χ1) is 15.9. The van der Waals surface area contributed by atoms with Gasteiger partial charge in [0.15, 0.2) is 0 Å². The van der Waals surface area contributed by atoms with Gasteiger partial charge in [0.25, 0.3) is 5.91 Å². The van der Waals surface area contributed by atoms with Crippen molar-refractivity contribution in [3.05, 3.63) is 87.3 Å². The second kappa shape index (κ2) is 9.78. The molecule has 6 nitrogen and oxygen atoms in total. The molecule has 0 saturated carbocycles. The topological polar surface area (TPSA) is 79.1 Å². The monoisotopic (exact) mass is 480 g/mol. The molecule has 168 valence electrons. The number of rotatable bonds is 5. The summed E-state index contributed by atoms with van der Waals surface area (Å²) in [5.41, 5.74) is 2.67. The SMILES string of the molecule is Cc1cccc(C(=O)N2CC([C@H](C)Oc3ccc(C#N)cn3)[C@@H](c3ccc(Cl)c(Cl)c3)C2)n1.